The fourth-order valence-corrected chi connectivity index (χ4v) is 1.79. The molecule has 1 rings (SSSR count). The second-order valence-corrected chi connectivity index (χ2v) is 3.94. The van der Waals surface area contributed by atoms with E-state index in [1.807, 2.05) is 0 Å². The van der Waals surface area contributed by atoms with Gasteiger partial charge in [-0.2, -0.15) is 0 Å². The maximum absolute atomic E-state index is 10.7. The van der Waals surface area contributed by atoms with E-state index in [1.54, 1.807) is 6.20 Å². The maximum Gasteiger partial charge on any atom is 0.331 e. The van der Waals surface area contributed by atoms with E-state index in [4.69, 9.17) is 4.74 Å². The summed E-state index contributed by atoms with van der Waals surface area (Å²) >= 11 is 0. The highest BCUT2D eigenvalue weighted by molar-refractivity contribution is 5.81. The largest absolute Gasteiger partial charge is 0.466 e. The number of esters is 1. The third-order valence-electron chi connectivity index (χ3n) is 2.69. The SMILES string of the molecule is COC(=O)/C=C/NCCOC1CCCCC1. The number of hydrogen-bond donors (Lipinski definition) is 1. The molecular weight excluding hydrogens is 206 g/mol. The van der Waals surface area contributed by atoms with Crippen molar-refractivity contribution in [3.8, 4) is 0 Å². The molecule has 92 valence electrons. The lowest BCUT2D eigenvalue weighted by atomic mass is 9.98. The second-order valence-electron chi connectivity index (χ2n) is 3.94. The molecule has 0 aromatic carbocycles. The minimum absolute atomic E-state index is 0.347. The third-order valence-corrected chi connectivity index (χ3v) is 2.69. The zero-order valence-corrected chi connectivity index (χ0v) is 9.91. The van der Waals surface area contributed by atoms with Crippen LogP contribution in [0, 0.1) is 0 Å². The minimum atomic E-state index is -0.347. The number of methoxy groups -OCH3 is 1. The number of nitrogens with one attached hydrogen (secondary N) is 1. The highest BCUT2D eigenvalue weighted by Crippen LogP contribution is 2.19. The molecule has 1 fully saturated rings. The maximum atomic E-state index is 10.7. The molecule has 1 saturated carbocycles. The number of carbonyl (C=O) groups is 1. The van der Waals surface area contributed by atoms with Gasteiger partial charge in [0.15, 0.2) is 0 Å². The van der Waals surface area contributed by atoms with Gasteiger partial charge in [-0.1, -0.05) is 19.3 Å². The van der Waals surface area contributed by atoms with E-state index in [9.17, 15) is 4.79 Å². The molecule has 0 saturated heterocycles. The molecule has 16 heavy (non-hydrogen) atoms. The highest BCUT2D eigenvalue weighted by Gasteiger charge is 2.12. The first kappa shape index (κ1) is 13.0. The summed E-state index contributed by atoms with van der Waals surface area (Å²) in [5, 5.41) is 2.98. The van der Waals surface area contributed by atoms with Gasteiger partial charge in [0, 0.05) is 18.8 Å². The van der Waals surface area contributed by atoms with Crippen molar-refractivity contribution in [1.82, 2.24) is 5.32 Å². The lowest BCUT2D eigenvalue weighted by molar-refractivity contribution is -0.134. The summed E-state index contributed by atoms with van der Waals surface area (Å²) in [6.07, 6.45) is 9.72. The van der Waals surface area contributed by atoms with Gasteiger partial charge in [0.1, 0.15) is 0 Å². The summed E-state index contributed by atoms with van der Waals surface area (Å²) in [5.74, 6) is -0.347. The van der Waals surface area contributed by atoms with E-state index in [-0.39, 0.29) is 5.97 Å². The van der Waals surface area contributed by atoms with Crippen LogP contribution in [0.25, 0.3) is 0 Å². The Morgan fingerprint density at radius 1 is 1.38 bits per heavy atom. The van der Waals surface area contributed by atoms with Crippen molar-refractivity contribution in [3.05, 3.63) is 12.3 Å². The van der Waals surface area contributed by atoms with Crippen molar-refractivity contribution in [2.75, 3.05) is 20.3 Å². The van der Waals surface area contributed by atoms with Gasteiger partial charge in [0.05, 0.1) is 19.8 Å². The molecule has 0 atom stereocenters. The Morgan fingerprint density at radius 3 is 2.81 bits per heavy atom. The van der Waals surface area contributed by atoms with Crippen LogP contribution in [0.1, 0.15) is 32.1 Å². The van der Waals surface area contributed by atoms with Crippen molar-refractivity contribution in [2.45, 2.75) is 38.2 Å². The smallest absolute Gasteiger partial charge is 0.331 e. The number of ether oxygens (including phenoxy) is 2. The van der Waals surface area contributed by atoms with E-state index in [1.165, 1.54) is 45.3 Å². The predicted molar refractivity (Wildman–Crippen MR) is 62.0 cm³/mol. The van der Waals surface area contributed by atoms with Crippen LogP contribution in [0.15, 0.2) is 12.3 Å². The van der Waals surface area contributed by atoms with Gasteiger partial charge in [-0.25, -0.2) is 4.79 Å². The molecule has 4 heteroatoms. The fourth-order valence-electron chi connectivity index (χ4n) is 1.79. The quantitative estimate of drug-likeness (QED) is 0.425. The standard InChI is InChI=1S/C12H21NO3/c1-15-12(14)7-8-13-9-10-16-11-5-3-2-4-6-11/h7-8,11,13H,2-6,9-10H2,1H3/b8-7+. The summed E-state index contributed by atoms with van der Waals surface area (Å²) in [6.45, 7) is 1.42. The lowest BCUT2D eigenvalue weighted by Gasteiger charge is -2.21. The molecule has 0 aromatic heterocycles. The molecule has 0 unspecified atom stereocenters. The average molecular weight is 227 g/mol. The third kappa shape index (κ3) is 5.75. The second kappa shape index (κ2) is 8.16. The average Bonchev–Trinajstić information content (AvgIpc) is 2.34. The van der Waals surface area contributed by atoms with Crippen LogP contribution < -0.4 is 5.32 Å². The van der Waals surface area contributed by atoms with Gasteiger partial charge < -0.3 is 14.8 Å². The van der Waals surface area contributed by atoms with Crippen molar-refractivity contribution in [3.63, 3.8) is 0 Å². The zero-order chi connectivity index (χ0) is 11.6. The van der Waals surface area contributed by atoms with E-state index in [2.05, 4.69) is 10.1 Å². The molecule has 0 amide bonds. The van der Waals surface area contributed by atoms with E-state index < -0.39 is 0 Å². The van der Waals surface area contributed by atoms with Crippen LogP contribution >= 0.6 is 0 Å². The summed E-state index contributed by atoms with van der Waals surface area (Å²) in [4.78, 5) is 10.7. The fraction of sp³-hybridized carbons (Fsp3) is 0.750. The van der Waals surface area contributed by atoms with Gasteiger partial charge in [-0.15, -0.1) is 0 Å². The van der Waals surface area contributed by atoms with E-state index >= 15 is 0 Å². The molecule has 0 spiro atoms. The summed E-state index contributed by atoms with van der Waals surface area (Å²) in [7, 11) is 1.36. The molecule has 1 aliphatic rings. The highest BCUT2D eigenvalue weighted by atomic mass is 16.5. The van der Waals surface area contributed by atoms with Gasteiger partial charge in [0.25, 0.3) is 0 Å². The molecule has 0 heterocycles. The van der Waals surface area contributed by atoms with E-state index in [0.29, 0.717) is 12.7 Å². The van der Waals surface area contributed by atoms with Crippen molar-refractivity contribution >= 4 is 5.97 Å². The molecule has 4 nitrogen and oxygen atoms in total. The topological polar surface area (TPSA) is 47.6 Å². The molecule has 1 N–H and O–H groups in total. The van der Waals surface area contributed by atoms with Crippen molar-refractivity contribution < 1.29 is 14.3 Å². The number of hydrogen-bond acceptors (Lipinski definition) is 4. The number of carbonyl (C=O) groups excluding carboxylic acids is 1. The van der Waals surface area contributed by atoms with Crippen LogP contribution in [0.3, 0.4) is 0 Å². The molecule has 0 aromatic rings. The lowest BCUT2D eigenvalue weighted by Crippen LogP contribution is -2.22. The Morgan fingerprint density at radius 2 is 2.12 bits per heavy atom. The predicted octanol–water partition coefficient (Wildman–Crippen LogP) is 1.61. The summed E-state index contributed by atoms with van der Waals surface area (Å²) in [5.41, 5.74) is 0. The Balaban J connectivity index is 1.94. The van der Waals surface area contributed by atoms with Crippen molar-refractivity contribution in [1.29, 1.82) is 0 Å². The molecule has 0 aliphatic heterocycles. The first-order valence-corrected chi connectivity index (χ1v) is 5.92. The monoisotopic (exact) mass is 227 g/mol. The van der Waals surface area contributed by atoms with Gasteiger partial charge >= 0.3 is 5.97 Å². The van der Waals surface area contributed by atoms with Crippen LogP contribution in [-0.4, -0.2) is 32.3 Å². The molecular formula is C12H21NO3. The minimum Gasteiger partial charge on any atom is -0.466 e. The first-order chi connectivity index (χ1) is 7.83. The Kier molecular flexibility index (Phi) is 6.65. The molecule has 1 aliphatic carbocycles. The van der Waals surface area contributed by atoms with Gasteiger partial charge in [-0.05, 0) is 12.8 Å². The Bertz CT molecular complexity index is 222. The summed E-state index contributed by atoms with van der Waals surface area (Å²) < 4.78 is 10.2. The van der Waals surface area contributed by atoms with Crippen molar-refractivity contribution in [2.24, 2.45) is 0 Å². The molecule has 0 radical (unpaired) electrons. The first-order valence-electron chi connectivity index (χ1n) is 5.92. The van der Waals surface area contributed by atoms with Crippen LogP contribution in [0.5, 0.6) is 0 Å². The van der Waals surface area contributed by atoms with Gasteiger partial charge in [-0.3, -0.25) is 0 Å². The zero-order valence-electron chi connectivity index (χ0n) is 9.91. The van der Waals surface area contributed by atoms with Gasteiger partial charge in [0.2, 0.25) is 0 Å². The normalized spacial score (nSPS) is 17.6. The molecule has 0 bridgehead atoms. The van der Waals surface area contributed by atoms with Crippen LogP contribution in [-0.2, 0) is 14.3 Å². The van der Waals surface area contributed by atoms with E-state index in [0.717, 1.165) is 6.54 Å². The Labute approximate surface area is 97.0 Å². The van der Waals surface area contributed by atoms with Crippen LogP contribution in [0.2, 0.25) is 0 Å². The number of rotatable bonds is 6. The Hall–Kier alpha value is -1.03. The summed E-state index contributed by atoms with van der Waals surface area (Å²) in [6, 6.07) is 0. The van der Waals surface area contributed by atoms with Crippen LogP contribution in [0.4, 0.5) is 0 Å².